The summed E-state index contributed by atoms with van der Waals surface area (Å²) in [6, 6.07) is 17.5. The highest BCUT2D eigenvalue weighted by molar-refractivity contribution is 5.81. The Morgan fingerprint density at radius 2 is 2.05 bits per heavy atom. The Bertz CT molecular complexity index is 641. The molecule has 100 valence electrons. The van der Waals surface area contributed by atoms with E-state index in [-0.39, 0.29) is 0 Å². The fraction of sp³-hybridized carbons (Fsp3) is 0.176. The summed E-state index contributed by atoms with van der Waals surface area (Å²) in [5, 5.41) is 12.8. The van der Waals surface area contributed by atoms with Gasteiger partial charge in [0.2, 0.25) is 0 Å². The van der Waals surface area contributed by atoms with E-state index in [1.54, 1.807) is 18.3 Å². The van der Waals surface area contributed by atoms with Gasteiger partial charge in [0.15, 0.2) is 0 Å². The molecule has 0 aliphatic carbocycles. The summed E-state index contributed by atoms with van der Waals surface area (Å²) in [5.41, 5.74) is 3.88. The van der Waals surface area contributed by atoms with E-state index in [1.807, 2.05) is 30.3 Å². The maximum atomic E-state index is 8.82. The number of hydrogen-bond donors (Lipinski definition) is 0. The van der Waals surface area contributed by atoms with Crippen molar-refractivity contribution in [3.63, 3.8) is 0 Å². The molecule has 3 nitrogen and oxygen atoms in total. The van der Waals surface area contributed by atoms with Crippen LogP contribution in [0.3, 0.4) is 0 Å². The molecule has 3 heteroatoms. The predicted octanol–water partition coefficient (Wildman–Crippen LogP) is 3.67. The molecule has 0 fully saturated rings. The Kier molecular flexibility index (Phi) is 4.91. The molecule has 0 saturated heterocycles. The predicted molar refractivity (Wildman–Crippen MR) is 79.4 cm³/mol. The fourth-order valence-corrected chi connectivity index (χ4v) is 1.92. The molecule has 0 amide bonds. The number of rotatable bonds is 5. The van der Waals surface area contributed by atoms with Crippen LogP contribution in [-0.4, -0.2) is 6.21 Å². The van der Waals surface area contributed by atoms with Crippen molar-refractivity contribution in [1.82, 2.24) is 0 Å². The highest BCUT2D eigenvalue weighted by atomic mass is 16.6. The lowest BCUT2D eigenvalue weighted by Gasteiger charge is -2.02. The summed E-state index contributed by atoms with van der Waals surface area (Å²) in [6.45, 7) is 2.47. The zero-order chi connectivity index (χ0) is 14.2. The Labute approximate surface area is 119 Å². The van der Waals surface area contributed by atoms with Gasteiger partial charge in [0.05, 0.1) is 17.8 Å². The third-order valence-corrected chi connectivity index (χ3v) is 2.99. The third kappa shape index (κ3) is 3.69. The van der Waals surface area contributed by atoms with Crippen LogP contribution in [0, 0.1) is 11.3 Å². The molecule has 0 radical (unpaired) electrons. The van der Waals surface area contributed by atoms with Crippen molar-refractivity contribution >= 4 is 6.21 Å². The summed E-state index contributed by atoms with van der Waals surface area (Å²) >= 11 is 0. The van der Waals surface area contributed by atoms with Crippen LogP contribution >= 0.6 is 0 Å². The van der Waals surface area contributed by atoms with E-state index in [9.17, 15) is 0 Å². The zero-order valence-electron chi connectivity index (χ0n) is 11.4. The lowest BCUT2D eigenvalue weighted by Crippen LogP contribution is -1.92. The minimum atomic E-state index is 0.361. The molecule has 0 aliphatic rings. The lowest BCUT2D eigenvalue weighted by molar-refractivity contribution is 0.132. The topological polar surface area (TPSA) is 45.4 Å². The molecule has 0 aromatic heterocycles. The number of oxime groups is 1. The second-order valence-corrected chi connectivity index (χ2v) is 4.37. The minimum Gasteiger partial charge on any atom is -0.391 e. The molecule has 0 bridgehead atoms. The number of nitrogens with zero attached hydrogens (tertiary/aromatic N) is 2. The molecule has 0 spiro atoms. The summed E-state index contributed by atoms with van der Waals surface area (Å²) < 4.78 is 0. The smallest absolute Gasteiger partial charge is 0.142 e. The van der Waals surface area contributed by atoms with Gasteiger partial charge in [-0.1, -0.05) is 48.5 Å². The largest absolute Gasteiger partial charge is 0.391 e. The van der Waals surface area contributed by atoms with Crippen LogP contribution in [0.5, 0.6) is 0 Å². The van der Waals surface area contributed by atoms with Crippen LogP contribution in [0.25, 0.3) is 0 Å². The second kappa shape index (κ2) is 7.10. The van der Waals surface area contributed by atoms with Crippen LogP contribution < -0.4 is 0 Å². The lowest BCUT2D eigenvalue weighted by atomic mass is 10.1. The van der Waals surface area contributed by atoms with E-state index < -0.39 is 0 Å². The first kappa shape index (κ1) is 13.8. The van der Waals surface area contributed by atoms with Gasteiger partial charge >= 0.3 is 0 Å². The van der Waals surface area contributed by atoms with Crippen molar-refractivity contribution in [2.75, 3.05) is 0 Å². The number of aryl methyl sites for hydroxylation is 1. The molecule has 2 aromatic carbocycles. The third-order valence-electron chi connectivity index (χ3n) is 2.99. The molecule has 0 aliphatic heterocycles. The molecule has 0 atom stereocenters. The fourth-order valence-electron chi connectivity index (χ4n) is 1.92. The van der Waals surface area contributed by atoms with Gasteiger partial charge in [-0.15, -0.1) is 0 Å². The first-order valence-corrected chi connectivity index (χ1v) is 6.55. The van der Waals surface area contributed by atoms with E-state index in [1.165, 1.54) is 5.56 Å². The molecule has 0 saturated carbocycles. The Morgan fingerprint density at radius 3 is 2.85 bits per heavy atom. The van der Waals surface area contributed by atoms with E-state index in [0.717, 1.165) is 17.5 Å². The SMILES string of the molecule is CCc1ccccc1C=NOCc1cccc(C#N)c1. The van der Waals surface area contributed by atoms with Crippen LogP contribution in [0.1, 0.15) is 29.2 Å². The first-order valence-electron chi connectivity index (χ1n) is 6.55. The molecule has 2 aromatic rings. The van der Waals surface area contributed by atoms with E-state index in [0.29, 0.717) is 12.2 Å². The molecular weight excluding hydrogens is 248 g/mol. The van der Waals surface area contributed by atoms with E-state index in [4.69, 9.17) is 10.1 Å². The Morgan fingerprint density at radius 1 is 1.20 bits per heavy atom. The molecule has 0 unspecified atom stereocenters. The van der Waals surface area contributed by atoms with Gasteiger partial charge in [-0.25, -0.2) is 0 Å². The van der Waals surface area contributed by atoms with Gasteiger partial charge in [-0.2, -0.15) is 5.26 Å². The zero-order valence-corrected chi connectivity index (χ0v) is 11.4. The Hall–Kier alpha value is -2.60. The van der Waals surface area contributed by atoms with E-state index >= 15 is 0 Å². The first-order chi connectivity index (χ1) is 9.83. The van der Waals surface area contributed by atoms with Gasteiger partial charge in [0.25, 0.3) is 0 Å². The van der Waals surface area contributed by atoms with Crippen LogP contribution in [0.2, 0.25) is 0 Å². The quantitative estimate of drug-likeness (QED) is 0.611. The second-order valence-electron chi connectivity index (χ2n) is 4.37. The van der Waals surface area contributed by atoms with Crippen LogP contribution in [0.15, 0.2) is 53.7 Å². The van der Waals surface area contributed by atoms with E-state index in [2.05, 4.69) is 24.2 Å². The number of nitriles is 1. The van der Waals surface area contributed by atoms with Crippen LogP contribution in [0.4, 0.5) is 0 Å². The molecular formula is C17H16N2O. The van der Waals surface area contributed by atoms with Crippen LogP contribution in [-0.2, 0) is 17.9 Å². The maximum Gasteiger partial charge on any atom is 0.142 e. The van der Waals surface area contributed by atoms with Crippen molar-refractivity contribution in [3.8, 4) is 6.07 Å². The summed E-state index contributed by atoms with van der Waals surface area (Å²) in [4.78, 5) is 5.28. The van der Waals surface area contributed by atoms with Gasteiger partial charge in [0, 0.05) is 0 Å². The highest BCUT2D eigenvalue weighted by Gasteiger charge is 1.97. The molecule has 2 rings (SSSR count). The standard InChI is InChI=1S/C17H16N2O/c1-2-16-8-3-4-9-17(16)12-19-20-13-15-7-5-6-14(10-15)11-18/h3-10,12H,2,13H2,1H3. The monoisotopic (exact) mass is 264 g/mol. The minimum absolute atomic E-state index is 0.361. The maximum absolute atomic E-state index is 8.82. The summed E-state index contributed by atoms with van der Waals surface area (Å²) in [7, 11) is 0. The molecule has 0 heterocycles. The molecule has 0 N–H and O–H groups in total. The number of hydrogen-bond acceptors (Lipinski definition) is 3. The van der Waals surface area contributed by atoms with Gasteiger partial charge in [-0.05, 0) is 35.2 Å². The normalized spacial score (nSPS) is 10.4. The molecule has 20 heavy (non-hydrogen) atoms. The van der Waals surface area contributed by atoms with Gasteiger partial charge < -0.3 is 4.84 Å². The van der Waals surface area contributed by atoms with Crippen molar-refractivity contribution in [1.29, 1.82) is 5.26 Å². The Balaban J connectivity index is 1.95. The van der Waals surface area contributed by atoms with Crippen molar-refractivity contribution < 1.29 is 4.84 Å². The summed E-state index contributed by atoms with van der Waals surface area (Å²) in [6.07, 6.45) is 2.69. The number of benzene rings is 2. The van der Waals surface area contributed by atoms with Crippen molar-refractivity contribution in [2.45, 2.75) is 20.0 Å². The average Bonchev–Trinajstić information content (AvgIpc) is 2.52. The van der Waals surface area contributed by atoms with Crippen molar-refractivity contribution in [3.05, 3.63) is 70.8 Å². The highest BCUT2D eigenvalue weighted by Crippen LogP contribution is 2.08. The van der Waals surface area contributed by atoms with Gasteiger partial charge in [0.1, 0.15) is 6.61 Å². The average molecular weight is 264 g/mol. The summed E-state index contributed by atoms with van der Waals surface area (Å²) in [5.74, 6) is 0. The van der Waals surface area contributed by atoms with Gasteiger partial charge in [-0.3, -0.25) is 0 Å². The van der Waals surface area contributed by atoms with Crippen molar-refractivity contribution in [2.24, 2.45) is 5.16 Å².